The minimum absolute atomic E-state index is 0. The average molecular weight is 531 g/mol. The summed E-state index contributed by atoms with van der Waals surface area (Å²) in [6, 6.07) is 6.54. The molecule has 1 fully saturated rings. The molecule has 0 bridgehead atoms. The summed E-state index contributed by atoms with van der Waals surface area (Å²) in [5.41, 5.74) is 0.794. The summed E-state index contributed by atoms with van der Waals surface area (Å²) in [5, 5.41) is 6.30. The van der Waals surface area contributed by atoms with E-state index in [1.165, 1.54) is 6.07 Å². The lowest BCUT2D eigenvalue weighted by Crippen LogP contribution is -2.37. The van der Waals surface area contributed by atoms with E-state index in [4.69, 9.17) is 14.2 Å². The minimum atomic E-state index is -4.35. The van der Waals surface area contributed by atoms with Crippen LogP contribution in [-0.2, 0) is 16.0 Å². The van der Waals surface area contributed by atoms with Crippen molar-refractivity contribution in [2.45, 2.75) is 38.1 Å². The van der Waals surface area contributed by atoms with Gasteiger partial charge in [0, 0.05) is 33.4 Å². The maximum atomic E-state index is 12.2. The quantitative estimate of drug-likeness (QED) is 0.210. The van der Waals surface area contributed by atoms with Gasteiger partial charge in [-0.3, -0.25) is 4.99 Å². The lowest BCUT2D eigenvalue weighted by molar-refractivity contribution is -0.153. The Morgan fingerprint density at radius 1 is 1.31 bits per heavy atom. The van der Waals surface area contributed by atoms with Crippen LogP contribution in [0.4, 0.5) is 13.2 Å². The summed E-state index contributed by atoms with van der Waals surface area (Å²) < 4.78 is 52.6. The van der Waals surface area contributed by atoms with E-state index in [0.717, 1.165) is 31.4 Å². The zero-order valence-corrected chi connectivity index (χ0v) is 18.8. The van der Waals surface area contributed by atoms with Gasteiger partial charge in [0.25, 0.3) is 0 Å². The zero-order chi connectivity index (χ0) is 20.2. The van der Waals surface area contributed by atoms with Crippen LogP contribution in [0.1, 0.15) is 24.8 Å². The van der Waals surface area contributed by atoms with Crippen molar-refractivity contribution in [1.29, 1.82) is 0 Å². The van der Waals surface area contributed by atoms with Gasteiger partial charge in [0.1, 0.15) is 5.75 Å². The van der Waals surface area contributed by atoms with Crippen LogP contribution in [0.2, 0.25) is 0 Å². The lowest BCUT2D eigenvalue weighted by atomic mass is 10.2. The van der Waals surface area contributed by atoms with E-state index in [1.54, 1.807) is 25.2 Å². The van der Waals surface area contributed by atoms with Crippen LogP contribution >= 0.6 is 24.0 Å². The Hall–Kier alpha value is -1.27. The number of rotatable bonds is 10. The first-order valence-electron chi connectivity index (χ1n) is 9.38. The zero-order valence-electron chi connectivity index (χ0n) is 16.5. The summed E-state index contributed by atoms with van der Waals surface area (Å²) in [5.74, 6) is 0.795. The van der Waals surface area contributed by atoms with E-state index in [1.807, 2.05) is 0 Å². The molecule has 2 rings (SSSR count). The molecule has 0 aromatic heterocycles. The summed E-state index contributed by atoms with van der Waals surface area (Å²) >= 11 is 0. The predicted octanol–water partition coefficient (Wildman–Crippen LogP) is 3.50. The van der Waals surface area contributed by atoms with Crippen molar-refractivity contribution in [3.05, 3.63) is 29.8 Å². The normalized spacial score (nSPS) is 17.0. The molecule has 10 heteroatoms. The van der Waals surface area contributed by atoms with Crippen molar-refractivity contribution < 1.29 is 27.4 Å². The molecule has 1 saturated heterocycles. The fraction of sp³-hybridized carbons (Fsp3) is 0.632. The molecule has 1 aliphatic heterocycles. The first-order valence-corrected chi connectivity index (χ1v) is 9.38. The molecule has 1 atom stereocenters. The van der Waals surface area contributed by atoms with Gasteiger partial charge in [-0.2, -0.15) is 13.2 Å². The van der Waals surface area contributed by atoms with Crippen molar-refractivity contribution in [1.82, 2.24) is 10.6 Å². The van der Waals surface area contributed by atoms with E-state index >= 15 is 0 Å². The number of halogens is 4. The number of ether oxygens (including phenoxy) is 3. The Kier molecular flexibility index (Phi) is 12.3. The van der Waals surface area contributed by atoms with Crippen molar-refractivity contribution in [3.8, 4) is 5.75 Å². The fourth-order valence-electron chi connectivity index (χ4n) is 2.69. The average Bonchev–Trinajstić information content (AvgIpc) is 3.18. The molecular formula is C19H29F3IN3O3. The third-order valence-corrected chi connectivity index (χ3v) is 4.07. The molecule has 0 saturated carbocycles. The highest BCUT2D eigenvalue weighted by molar-refractivity contribution is 14.0. The number of nitrogens with zero attached hydrogens (tertiary/aromatic N) is 1. The van der Waals surface area contributed by atoms with E-state index in [-0.39, 0.29) is 35.8 Å². The topological polar surface area (TPSA) is 64.1 Å². The van der Waals surface area contributed by atoms with Gasteiger partial charge in [0.05, 0.1) is 12.7 Å². The molecule has 1 unspecified atom stereocenters. The molecular weight excluding hydrogens is 502 g/mol. The molecule has 1 heterocycles. The maximum Gasteiger partial charge on any atom is 0.422 e. The van der Waals surface area contributed by atoms with Gasteiger partial charge in [0.2, 0.25) is 0 Å². The second-order valence-corrected chi connectivity index (χ2v) is 6.47. The van der Waals surface area contributed by atoms with Crippen LogP contribution in [0, 0.1) is 0 Å². The number of guanidine groups is 1. The van der Waals surface area contributed by atoms with E-state index in [0.29, 0.717) is 32.3 Å². The van der Waals surface area contributed by atoms with E-state index in [9.17, 15) is 13.2 Å². The molecule has 6 nitrogen and oxygen atoms in total. The second kappa shape index (κ2) is 13.9. The van der Waals surface area contributed by atoms with Gasteiger partial charge in [-0.15, -0.1) is 24.0 Å². The Bertz CT molecular complexity index is 612. The van der Waals surface area contributed by atoms with Crippen LogP contribution in [0.25, 0.3) is 0 Å². The SMILES string of the molecule is CN=C(NCCCOCC1CCCO1)NCc1cccc(OCC(F)(F)F)c1.I. The molecule has 0 aliphatic carbocycles. The van der Waals surface area contributed by atoms with Crippen LogP contribution in [-0.4, -0.2) is 58.3 Å². The lowest BCUT2D eigenvalue weighted by Gasteiger charge is -2.14. The molecule has 1 aromatic rings. The second-order valence-electron chi connectivity index (χ2n) is 6.47. The van der Waals surface area contributed by atoms with E-state index in [2.05, 4.69) is 15.6 Å². The van der Waals surface area contributed by atoms with Gasteiger partial charge < -0.3 is 24.8 Å². The summed E-state index contributed by atoms with van der Waals surface area (Å²) in [4.78, 5) is 4.13. The Balaban J connectivity index is 0.00000420. The predicted molar refractivity (Wildman–Crippen MR) is 116 cm³/mol. The summed E-state index contributed by atoms with van der Waals surface area (Å²) in [7, 11) is 1.66. The molecule has 2 N–H and O–H groups in total. The van der Waals surface area contributed by atoms with Crippen molar-refractivity contribution in [2.24, 2.45) is 4.99 Å². The third kappa shape index (κ3) is 11.5. The highest BCUT2D eigenvalue weighted by Gasteiger charge is 2.28. The van der Waals surface area contributed by atoms with Crippen molar-refractivity contribution in [3.63, 3.8) is 0 Å². The Labute approximate surface area is 186 Å². The van der Waals surface area contributed by atoms with Crippen molar-refractivity contribution >= 4 is 29.9 Å². The molecule has 1 aromatic carbocycles. The molecule has 0 spiro atoms. The first-order chi connectivity index (χ1) is 13.5. The maximum absolute atomic E-state index is 12.2. The molecule has 0 radical (unpaired) electrons. The van der Waals surface area contributed by atoms with Gasteiger partial charge in [-0.1, -0.05) is 12.1 Å². The smallest absolute Gasteiger partial charge is 0.422 e. The highest BCUT2D eigenvalue weighted by Crippen LogP contribution is 2.19. The van der Waals surface area contributed by atoms with Crippen LogP contribution in [0.5, 0.6) is 5.75 Å². The van der Waals surface area contributed by atoms with Crippen LogP contribution in [0.15, 0.2) is 29.3 Å². The van der Waals surface area contributed by atoms with Gasteiger partial charge in [-0.05, 0) is 37.0 Å². The van der Waals surface area contributed by atoms with E-state index < -0.39 is 12.8 Å². The number of nitrogens with one attached hydrogen (secondary N) is 2. The monoisotopic (exact) mass is 531 g/mol. The number of benzene rings is 1. The van der Waals surface area contributed by atoms with Crippen LogP contribution in [0.3, 0.4) is 0 Å². The highest BCUT2D eigenvalue weighted by atomic mass is 127. The van der Waals surface area contributed by atoms with Crippen molar-refractivity contribution in [2.75, 3.05) is 40.0 Å². The Morgan fingerprint density at radius 3 is 2.83 bits per heavy atom. The minimum Gasteiger partial charge on any atom is -0.484 e. The first kappa shape index (κ1) is 25.8. The summed E-state index contributed by atoms with van der Waals surface area (Å²) in [6.45, 7) is 1.91. The van der Waals surface area contributed by atoms with Gasteiger partial charge in [-0.25, -0.2) is 0 Å². The van der Waals surface area contributed by atoms with Crippen LogP contribution < -0.4 is 15.4 Å². The fourth-order valence-corrected chi connectivity index (χ4v) is 2.69. The Morgan fingerprint density at radius 2 is 2.14 bits per heavy atom. The number of hydrogen-bond acceptors (Lipinski definition) is 4. The van der Waals surface area contributed by atoms with Gasteiger partial charge >= 0.3 is 6.18 Å². The molecule has 1 aliphatic rings. The molecule has 166 valence electrons. The van der Waals surface area contributed by atoms with Gasteiger partial charge in [0.15, 0.2) is 12.6 Å². The molecule has 29 heavy (non-hydrogen) atoms. The third-order valence-electron chi connectivity index (χ3n) is 4.07. The largest absolute Gasteiger partial charge is 0.484 e. The number of aliphatic imine (C=N–C) groups is 1. The number of alkyl halides is 3. The standard InChI is InChI=1S/C19H28F3N3O3.HI/c1-23-18(24-8-4-9-26-13-17-7-3-10-27-17)25-12-15-5-2-6-16(11-15)28-14-19(20,21)22;/h2,5-6,11,17H,3-4,7-10,12-14H2,1H3,(H2,23,24,25);1H. The number of hydrogen-bond donors (Lipinski definition) is 2. The summed E-state index contributed by atoms with van der Waals surface area (Å²) in [6.07, 6.45) is -1.12. The molecule has 0 amide bonds.